The van der Waals surface area contributed by atoms with Crippen molar-refractivity contribution in [3.05, 3.63) is 94.3 Å². The van der Waals surface area contributed by atoms with Gasteiger partial charge in [0.25, 0.3) is 0 Å². The zero-order chi connectivity index (χ0) is 21.4. The zero-order valence-electron chi connectivity index (χ0n) is 17.5. The third-order valence-corrected chi connectivity index (χ3v) is 6.30. The first kappa shape index (κ1) is 19.3. The molecule has 0 bridgehead atoms. The summed E-state index contributed by atoms with van der Waals surface area (Å²) in [5, 5.41) is 20.7. The molecular weight excluding hydrogens is 384 g/mol. The molecule has 2 aromatic heterocycles. The Kier molecular flexibility index (Phi) is 4.93. The van der Waals surface area contributed by atoms with Crippen molar-refractivity contribution >= 4 is 16.7 Å². The lowest BCUT2D eigenvalue weighted by molar-refractivity contribution is 0.282. The van der Waals surface area contributed by atoms with Gasteiger partial charge in [-0.05, 0) is 36.1 Å². The molecule has 5 nitrogen and oxygen atoms in total. The summed E-state index contributed by atoms with van der Waals surface area (Å²) in [6.07, 6.45) is 0.946. The molecule has 0 saturated carbocycles. The van der Waals surface area contributed by atoms with Crippen LogP contribution in [-0.2, 0) is 26.1 Å². The molecule has 154 valence electrons. The van der Waals surface area contributed by atoms with Crippen LogP contribution < -0.4 is 4.90 Å². The molecule has 31 heavy (non-hydrogen) atoms. The number of pyridine rings is 1. The fourth-order valence-corrected chi connectivity index (χ4v) is 4.66. The maximum atomic E-state index is 10.2. The van der Waals surface area contributed by atoms with Crippen LogP contribution >= 0.6 is 0 Å². The lowest BCUT2D eigenvalue weighted by Gasteiger charge is -2.30. The minimum absolute atomic E-state index is 0.0682. The molecule has 0 spiro atoms. The zero-order valence-corrected chi connectivity index (χ0v) is 17.5. The highest BCUT2D eigenvalue weighted by atomic mass is 16.3. The highest BCUT2D eigenvalue weighted by Crippen LogP contribution is 2.35. The first-order chi connectivity index (χ1) is 15.2. The number of rotatable bonds is 4. The van der Waals surface area contributed by atoms with E-state index in [1.807, 2.05) is 31.2 Å². The van der Waals surface area contributed by atoms with Gasteiger partial charge in [-0.15, -0.1) is 0 Å². The van der Waals surface area contributed by atoms with E-state index in [1.54, 1.807) is 0 Å². The number of aliphatic hydroxyl groups is 1. The molecule has 1 aliphatic heterocycles. The smallest absolute Gasteiger partial charge is 0.155 e. The Labute approximate surface area is 181 Å². The fourth-order valence-electron chi connectivity index (χ4n) is 4.66. The molecule has 2 aromatic carbocycles. The Morgan fingerprint density at radius 2 is 1.81 bits per heavy atom. The predicted octanol–water partition coefficient (Wildman–Crippen LogP) is 4.32. The van der Waals surface area contributed by atoms with Gasteiger partial charge >= 0.3 is 0 Å². The summed E-state index contributed by atoms with van der Waals surface area (Å²) in [5.41, 5.74) is 7.10. The number of nitriles is 1. The third kappa shape index (κ3) is 3.35. The van der Waals surface area contributed by atoms with Crippen molar-refractivity contribution in [3.63, 3.8) is 0 Å². The number of fused-ring (bicyclic) bond motifs is 2. The Hall–Kier alpha value is -3.62. The third-order valence-electron chi connectivity index (χ3n) is 6.30. The first-order valence-electron chi connectivity index (χ1n) is 10.6. The minimum atomic E-state index is -0.0682. The van der Waals surface area contributed by atoms with Crippen LogP contribution in [0.4, 0.5) is 5.82 Å². The summed E-state index contributed by atoms with van der Waals surface area (Å²) < 4.78 is 2.24. The van der Waals surface area contributed by atoms with E-state index in [0.29, 0.717) is 12.2 Å². The van der Waals surface area contributed by atoms with Crippen molar-refractivity contribution in [2.24, 2.45) is 0 Å². The molecule has 3 heterocycles. The Balaban J connectivity index is 1.71. The van der Waals surface area contributed by atoms with Crippen molar-refractivity contribution in [1.82, 2.24) is 9.55 Å². The molecule has 5 rings (SSSR count). The quantitative estimate of drug-likeness (QED) is 0.546. The van der Waals surface area contributed by atoms with Crippen LogP contribution in [0.25, 0.3) is 10.9 Å². The molecule has 0 radical (unpaired) electrons. The maximum absolute atomic E-state index is 10.2. The lowest BCUT2D eigenvalue weighted by atomic mass is 10.00. The number of anilines is 1. The molecule has 0 amide bonds. The normalized spacial score (nSPS) is 13.3. The maximum Gasteiger partial charge on any atom is 0.155 e. The van der Waals surface area contributed by atoms with E-state index < -0.39 is 0 Å². The number of benzene rings is 2. The van der Waals surface area contributed by atoms with Crippen LogP contribution in [0.2, 0.25) is 0 Å². The highest BCUT2D eigenvalue weighted by molar-refractivity contribution is 5.94. The van der Waals surface area contributed by atoms with Crippen LogP contribution in [0, 0.1) is 18.3 Å². The molecule has 0 fully saturated rings. The molecule has 4 aromatic rings. The number of nitrogens with zero attached hydrogens (tertiary/aromatic N) is 4. The molecular formula is C26H24N4O. The van der Waals surface area contributed by atoms with E-state index in [9.17, 15) is 10.4 Å². The predicted molar refractivity (Wildman–Crippen MR) is 122 cm³/mol. The van der Waals surface area contributed by atoms with Crippen LogP contribution in [0.3, 0.4) is 0 Å². The van der Waals surface area contributed by atoms with Crippen molar-refractivity contribution in [1.29, 1.82) is 5.26 Å². The number of hydrogen-bond acceptors (Lipinski definition) is 4. The molecule has 0 atom stereocenters. The Bertz CT molecular complexity index is 1300. The molecule has 0 unspecified atom stereocenters. The van der Waals surface area contributed by atoms with Gasteiger partial charge in [0.15, 0.2) is 5.82 Å². The molecule has 5 heteroatoms. The molecule has 0 aliphatic carbocycles. The van der Waals surface area contributed by atoms with Gasteiger partial charge < -0.3 is 14.6 Å². The second-order valence-corrected chi connectivity index (χ2v) is 8.07. The Morgan fingerprint density at radius 3 is 2.55 bits per heavy atom. The molecule has 1 aliphatic rings. The summed E-state index contributed by atoms with van der Waals surface area (Å²) >= 11 is 0. The van der Waals surface area contributed by atoms with Crippen molar-refractivity contribution in [2.75, 3.05) is 11.4 Å². The average Bonchev–Trinajstić information content (AvgIpc) is 3.09. The minimum Gasteiger partial charge on any atom is -0.392 e. The van der Waals surface area contributed by atoms with Crippen molar-refractivity contribution in [2.45, 2.75) is 33.0 Å². The van der Waals surface area contributed by atoms with Crippen LogP contribution in [0.1, 0.15) is 33.6 Å². The molecule has 0 saturated heterocycles. The lowest BCUT2D eigenvalue weighted by Crippen LogP contribution is -2.31. The van der Waals surface area contributed by atoms with Gasteiger partial charge in [0.05, 0.1) is 12.1 Å². The van der Waals surface area contributed by atoms with Gasteiger partial charge in [0.1, 0.15) is 11.8 Å². The van der Waals surface area contributed by atoms with Crippen molar-refractivity contribution in [3.8, 4) is 6.07 Å². The highest BCUT2D eigenvalue weighted by Gasteiger charge is 2.25. The SMILES string of the molecule is Cc1c(CO)c2cc(C#N)nc(N3CCc4ccccc4C3)c2n1Cc1ccccc1. The van der Waals surface area contributed by atoms with Gasteiger partial charge in [0.2, 0.25) is 0 Å². The van der Waals surface area contributed by atoms with Crippen LogP contribution in [0.5, 0.6) is 0 Å². The average molecular weight is 409 g/mol. The summed E-state index contributed by atoms with van der Waals surface area (Å²) in [5.74, 6) is 0.822. The van der Waals surface area contributed by atoms with E-state index >= 15 is 0 Å². The first-order valence-corrected chi connectivity index (χ1v) is 10.6. The van der Waals surface area contributed by atoms with E-state index in [4.69, 9.17) is 4.98 Å². The molecule has 1 N–H and O–H groups in total. The topological polar surface area (TPSA) is 65.1 Å². The summed E-state index contributed by atoms with van der Waals surface area (Å²) in [6.45, 7) is 4.26. The van der Waals surface area contributed by atoms with Gasteiger partial charge in [0, 0.05) is 36.3 Å². The second-order valence-electron chi connectivity index (χ2n) is 8.07. The monoisotopic (exact) mass is 408 g/mol. The Morgan fingerprint density at radius 1 is 1.06 bits per heavy atom. The second kappa shape index (κ2) is 7.90. The van der Waals surface area contributed by atoms with Crippen LogP contribution in [-0.4, -0.2) is 21.2 Å². The number of aliphatic hydroxyl groups excluding tert-OH is 1. The van der Waals surface area contributed by atoms with Gasteiger partial charge in [-0.3, -0.25) is 0 Å². The van der Waals surface area contributed by atoms with Gasteiger partial charge in [-0.2, -0.15) is 5.26 Å². The van der Waals surface area contributed by atoms with E-state index in [1.165, 1.54) is 16.7 Å². The summed E-state index contributed by atoms with van der Waals surface area (Å²) in [7, 11) is 0. The van der Waals surface area contributed by atoms with E-state index in [2.05, 4.69) is 51.9 Å². The standard InChI is InChI=1S/C26H24N4O/c1-18-24(17-31)23-13-22(14-27)28-26(25(23)30(18)15-19-7-3-2-4-8-19)29-12-11-20-9-5-6-10-21(20)16-29/h2-10,13,31H,11-12,15-17H2,1H3. The summed E-state index contributed by atoms with van der Waals surface area (Å²) in [6, 6.07) is 22.9. The van der Waals surface area contributed by atoms with Gasteiger partial charge in [-0.25, -0.2) is 4.98 Å². The van der Waals surface area contributed by atoms with Crippen LogP contribution in [0.15, 0.2) is 60.7 Å². The summed E-state index contributed by atoms with van der Waals surface area (Å²) in [4.78, 5) is 7.04. The number of aromatic nitrogens is 2. The number of hydrogen-bond donors (Lipinski definition) is 1. The van der Waals surface area contributed by atoms with E-state index in [0.717, 1.165) is 47.5 Å². The fraction of sp³-hybridized carbons (Fsp3) is 0.231. The van der Waals surface area contributed by atoms with Gasteiger partial charge in [-0.1, -0.05) is 54.6 Å². The van der Waals surface area contributed by atoms with E-state index in [-0.39, 0.29) is 6.61 Å². The van der Waals surface area contributed by atoms with Crippen molar-refractivity contribution < 1.29 is 5.11 Å². The largest absolute Gasteiger partial charge is 0.392 e.